The first-order valence-electron chi connectivity index (χ1n) is 13.9. The van der Waals surface area contributed by atoms with Gasteiger partial charge in [0.15, 0.2) is 5.11 Å². The Labute approximate surface area is 254 Å². The number of para-hydroxylation sites is 1. The molecule has 4 aromatic rings. The fourth-order valence-electron chi connectivity index (χ4n) is 5.06. The highest BCUT2D eigenvalue weighted by Gasteiger charge is 2.40. The molecule has 11 heteroatoms. The van der Waals surface area contributed by atoms with Crippen molar-refractivity contribution in [2.75, 3.05) is 25.2 Å². The second kappa shape index (κ2) is 13.0. The predicted molar refractivity (Wildman–Crippen MR) is 166 cm³/mol. The molecule has 43 heavy (non-hydrogen) atoms. The van der Waals surface area contributed by atoms with Gasteiger partial charge in [0, 0.05) is 17.1 Å². The summed E-state index contributed by atoms with van der Waals surface area (Å²) >= 11 is 5.71. The van der Waals surface area contributed by atoms with Gasteiger partial charge in [0.1, 0.15) is 30.3 Å². The Morgan fingerprint density at radius 1 is 1.05 bits per heavy atom. The van der Waals surface area contributed by atoms with Gasteiger partial charge in [-0.05, 0) is 73.6 Å². The number of carbonyl (C=O) groups excluding carboxylic acids is 3. The number of methoxy groups -OCH3 is 1. The number of rotatable bonds is 11. The van der Waals surface area contributed by atoms with Crippen molar-refractivity contribution in [3.05, 3.63) is 89.6 Å². The van der Waals surface area contributed by atoms with E-state index in [9.17, 15) is 14.4 Å². The third kappa shape index (κ3) is 6.17. The summed E-state index contributed by atoms with van der Waals surface area (Å²) in [4.78, 5) is 42.1. The zero-order chi connectivity index (χ0) is 30.5. The van der Waals surface area contributed by atoms with E-state index in [1.807, 2.05) is 42.8 Å². The molecule has 2 amide bonds. The van der Waals surface area contributed by atoms with E-state index in [2.05, 4.69) is 5.32 Å². The topological polar surface area (TPSA) is 106 Å². The molecule has 2 aromatic heterocycles. The fourth-order valence-corrected chi connectivity index (χ4v) is 5.41. The van der Waals surface area contributed by atoms with E-state index in [0.29, 0.717) is 29.4 Å². The Hall–Kier alpha value is -4.90. The Kier molecular flexibility index (Phi) is 8.91. The normalized spacial score (nSPS) is 14.2. The molecule has 0 spiro atoms. The minimum absolute atomic E-state index is 0.0634. The summed E-state index contributed by atoms with van der Waals surface area (Å²) < 4.78 is 17.6. The molecule has 3 heterocycles. The van der Waals surface area contributed by atoms with Gasteiger partial charge in [-0.15, -0.1) is 0 Å². The maximum atomic E-state index is 13.9. The molecule has 0 bridgehead atoms. The summed E-state index contributed by atoms with van der Waals surface area (Å²) in [6.45, 7) is 4.55. The van der Waals surface area contributed by atoms with Gasteiger partial charge in [-0.25, -0.2) is 0 Å². The van der Waals surface area contributed by atoms with Crippen molar-refractivity contribution < 1.29 is 28.3 Å². The number of furan rings is 1. The number of carbonyl (C=O) groups is 3. The molecule has 10 nitrogen and oxygen atoms in total. The van der Waals surface area contributed by atoms with Gasteiger partial charge in [0.05, 0.1) is 37.7 Å². The van der Waals surface area contributed by atoms with Crippen molar-refractivity contribution >= 4 is 57.8 Å². The highest BCUT2D eigenvalue weighted by molar-refractivity contribution is 7.80. The number of nitrogens with one attached hydrogen (secondary N) is 1. The van der Waals surface area contributed by atoms with Crippen LogP contribution in [0.4, 0.5) is 5.69 Å². The summed E-state index contributed by atoms with van der Waals surface area (Å²) in [6, 6.07) is 16.5. The van der Waals surface area contributed by atoms with Gasteiger partial charge in [0.25, 0.3) is 5.91 Å². The molecule has 2 aromatic carbocycles. The smallest absolute Gasteiger partial charge is 0.325 e. The summed E-state index contributed by atoms with van der Waals surface area (Å²) in [7, 11) is 1.29. The lowest BCUT2D eigenvalue weighted by Crippen LogP contribution is -2.35. The quantitative estimate of drug-likeness (QED) is 0.151. The zero-order valence-corrected chi connectivity index (χ0v) is 25.0. The van der Waals surface area contributed by atoms with Crippen molar-refractivity contribution in [3.8, 4) is 5.75 Å². The average molecular weight is 601 g/mol. The van der Waals surface area contributed by atoms with E-state index in [4.69, 9.17) is 26.1 Å². The summed E-state index contributed by atoms with van der Waals surface area (Å²) in [5.41, 5.74) is 3.41. The van der Waals surface area contributed by atoms with Crippen molar-refractivity contribution in [1.82, 2.24) is 14.8 Å². The third-order valence-electron chi connectivity index (χ3n) is 7.10. The highest BCUT2D eigenvalue weighted by Crippen LogP contribution is 2.33. The molecule has 1 saturated heterocycles. The van der Waals surface area contributed by atoms with Crippen LogP contribution in [0.1, 0.15) is 30.7 Å². The fraction of sp³-hybridized carbons (Fsp3) is 0.250. The van der Waals surface area contributed by atoms with Gasteiger partial charge in [0.2, 0.25) is 5.91 Å². The monoisotopic (exact) mass is 600 g/mol. The number of hydrogen-bond acceptors (Lipinski definition) is 7. The molecule has 222 valence electrons. The van der Waals surface area contributed by atoms with Crippen molar-refractivity contribution in [1.29, 1.82) is 0 Å². The maximum Gasteiger partial charge on any atom is 0.325 e. The van der Waals surface area contributed by atoms with Crippen LogP contribution in [-0.2, 0) is 38.6 Å². The number of amides is 2. The first-order chi connectivity index (χ1) is 20.8. The van der Waals surface area contributed by atoms with Gasteiger partial charge < -0.3 is 28.7 Å². The van der Waals surface area contributed by atoms with Crippen LogP contribution in [-0.4, -0.2) is 52.6 Å². The molecule has 1 fully saturated rings. The van der Waals surface area contributed by atoms with Gasteiger partial charge in [-0.2, -0.15) is 0 Å². The van der Waals surface area contributed by atoms with E-state index in [-0.39, 0.29) is 42.3 Å². The minimum Gasteiger partial charge on any atom is -0.494 e. The number of aryl methyl sites for hydroxylation is 1. The first kappa shape index (κ1) is 29.6. The van der Waals surface area contributed by atoms with Crippen LogP contribution in [0.2, 0.25) is 0 Å². The lowest BCUT2D eigenvalue weighted by molar-refractivity contribution is -0.140. The number of fused-ring (bicyclic) bond motifs is 1. The minimum atomic E-state index is -0.543. The second-order valence-corrected chi connectivity index (χ2v) is 10.1. The number of anilines is 1. The average Bonchev–Trinajstić information content (AvgIpc) is 3.71. The van der Waals surface area contributed by atoms with Crippen molar-refractivity contribution in [2.24, 2.45) is 0 Å². The molecule has 1 N–H and O–H groups in total. The largest absolute Gasteiger partial charge is 0.494 e. The number of ether oxygens (including phenoxy) is 2. The number of aromatic nitrogens is 1. The van der Waals surface area contributed by atoms with Crippen LogP contribution < -0.4 is 15.0 Å². The summed E-state index contributed by atoms with van der Waals surface area (Å²) in [6.07, 6.45) is 5.86. The highest BCUT2D eigenvalue weighted by atomic mass is 32.1. The molecule has 0 aliphatic carbocycles. The molecule has 0 saturated carbocycles. The Morgan fingerprint density at radius 3 is 2.51 bits per heavy atom. The van der Waals surface area contributed by atoms with E-state index in [0.717, 1.165) is 22.9 Å². The van der Waals surface area contributed by atoms with Gasteiger partial charge in [-0.3, -0.25) is 19.3 Å². The zero-order valence-electron chi connectivity index (χ0n) is 24.2. The summed E-state index contributed by atoms with van der Waals surface area (Å²) in [5.74, 6) is 0.202. The third-order valence-corrected chi connectivity index (χ3v) is 7.50. The Morgan fingerprint density at radius 2 is 1.84 bits per heavy atom. The van der Waals surface area contributed by atoms with E-state index in [1.165, 1.54) is 16.9 Å². The molecule has 0 atom stereocenters. The molecular weight excluding hydrogens is 568 g/mol. The number of esters is 1. The standard InChI is InChI=1S/C32H32N4O6S/c1-4-21-8-6-10-26-22(18-34(30(21)26)19-28(37)33-17-25-9-7-15-42-25)16-27-31(39)36(32(43)35(27)20-29(38)40-3)23-11-13-24(14-12-23)41-5-2/h6-16,18H,4-5,17,19-20H2,1-3H3,(H,33,37)/b27-16-. The molecule has 5 rings (SSSR count). The van der Waals surface area contributed by atoms with Crippen LogP contribution in [0.3, 0.4) is 0 Å². The second-order valence-electron chi connectivity index (χ2n) is 9.78. The Bertz CT molecular complexity index is 1690. The predicted octanol–water partition coefficient (Wildman–Crippen LogP) is 4.66. The lowest BCUT2D eigenvalue weighted by Gasteiger charge is -2.19. The molecule has 1 aliphatic rings. The van der Waals surface area contributed by atoms with Crippen molar-refractivity contribution in [3.63, 3.8) is 0 Å². The molecule has 0 radical (unpaired) electrons. The van der Waals surface area contributed by atoms with Crippen LogP contribution in [0.5, 0.6) is 5.75 Å². The SMILES string of the molecule is CCOc1ccc(N2C(=O)/C(=C/c3cn(CC(=O)NCc4ccco4)c4c(CC)cccc34)N(CC(=O)OC)C2=S)cc1. The molecule has 0 unspecified atom stereocenters. The van der Waals surface area contributed by atoms with E-state index < -0.39 is 5.97 Å². The van der Waals surface area contributed by atoms with Crippen LogP contribution in [0.25, 0.3) is 17.0 Å². The lowest BCUT2D eigenvalue weighted by atomic mass is 10.1. The molecule has 1 aliphatic heterocycles. The van der Waals surface area contributed by atoms with Gasteiger partial charge in [-0.1, -0.05) is 25.1 Å². The maximum absolute atomic E-state index is 13.9. The van der Waals surface area contributed by atoms with Crippen LogP contribution >= 0.6 is 12.2 Å². The first-order valence-corrected chi connectivity index (χ1v) is 14.3. The summed E-state index contributed by atoms with van der Waals surface area (Å²) in [5, 5.41) is 3.90. The van der Waals surface area contributed by atoms with E-state index >= 15 is 0 Å². The van der Waals surface area contributed by atoms with Crippen LogP contribution in [0.15, 0.2) is 77.2 Å². The van der Waals surface area contributed by atoms with E-state index in [1.54, 1.807) is 48.7 Å². The van der Waals surface area contributed by atoms with Gasteiger partial charge >= 0.3 is 5.97 Å². The number of thiocarbonyl (C=S) groups is 1. The number of hydrogen-bond donors (Lipinski definition) is 1. The van der Waals surface area contributed by atoms with Crippen LogP contribution in [0, 0.1) is 0 Å². The number of nitrogens with zero attached hydrogens (tertiary/aromatic N) is 3. The molecular formula is C32H32N4O6S. The van der Waals surface area contributed by atoms with Crippen molar-refractivity contribution in [2.45, 2.75) is 33.4 Å². The number of benzene rings is 2. The Balaban J connectivity index is 1.53.